The van der Waals surface area contributed by atoms with Crippen LogP contribution in [0.15, 0.2) is 47.5 Å². The van der Waals surface area contributed by atoms with E-state index in [-0.39, 0.29) is 11.9 Å². The lowest BCUT2D eigenvalue weighted by atomic mass is 10.1. The smallest absolute Gasteiger partial charge is 0.292 e. The highest BCUT2D eigenvalue weighted by Gasteiger charge is 2.24. The number of fused-ring (bicyclic) bond motifs is 2. The van der Waals surface area contributed by atoms with Gasteiger partial charge in [-0.25, -0.2) is 19.2 Å². The van der Waals surface area contributed by atoms with E-state index >= 15 is 0 Å². The van der Waals surface area contributed by atoms with E-state index in [0.29, 0.717) is 119 Å². The van der Waals surface area contributed by atoms with Gasteiger partial charge in [0.1, 0.15) is 23.4 Å². The van der Waals surface area contributed by atoms with Crippen molar-refractivity contribution in [2.75, 3.05) is 95.4 Å². The van der Waals surface area contributed by atoms with Gasteiger partial charge in [0.2, 0.25) is 11.7 Å². The molecule has 5 heterocycles. The summed E-state index contributed by atoms with van der Waals surface area (Å²) in [7, 11) is 0. The molecule has 0 saturated carbocycles. The van der Waals surface area contributed by atoms with Gasteiger partial charge >= 0.3 is 0 Å². The fourth-order valence-electron chi connectivity index (χ4n) is 5.63. The second-order valence-electron chi connectivity index (χ2n) is 11.7. The Balaban J connectivity index is 0.942. The first kappa shape index (κ1) is 34.9. The van der Waals surface area contributed by atoms with Crippen LogP contribution in [0.4, 0.5) is 17.7 Å². The summed E-state index contributed by atoms with van der Waals surface area (Å²) in [5.41, 5.74) is 15.2. The molecule has 50 heavy (non-hydrogen) atoms. The van der Waals surface area contributed by atoms with E-state index in [1.807, 2.05) is 33.9 Å². The second kappa shape index (κ2) is 17.1. The summed E-state index contributed by atoms with van der Waals surface area (Å²) in [5, 5.41) is 5.49. The van der Waals surface area contributed by atoms with Crippen molar-refractivity contribution in [1.29, 1.82) is 0 Å². The van der Waals surface area contributed by atoms with Crippen LogP contribution in [0.5, 0.6) is 0 Å². The van der Waals surface area contributed by atoms with Crippen LogP contribution < -0.4 is 20.9 Å². The summed E-state index contributed by atoms with van der Waals surface area (Å²) in [6.45, 7) is 9.28. The Morgan fingerprint density at radius 2 is 1.62 bits per heavy atom. The van der Waals surface area contributed by atoms with E-state index in [0.717, 1.165) is 24.4 Å². The lowest BCUT2D eigenvalue weighted by Crippen LogP contribution is -2.49. The number of amides is 1. The van der Waals surface area contributed by atoms with E-state index in [2.05, 4.69) is 26.8 Å². The van der Waals surface area contributed by atoms with Gasteiger partial charge in [0.15, 0.2) is 17.9 Å². The maximum atomic E-state index is 12.7. The number of carbonyl (C=O) groups excluding carboxylic acids is 1. The maximum absolute atomic E-state index is 12.7. The van der Waals surface area contributed by atoms with Crippen molar-refractivity contribution >= 4 is 45.7 Å². The molecular formula is C33H44N11O6+. The van der Waals surface area contributed by atoms with Gasteiger partial charge in [-0.3, -0.25) is 4.79 Å². The molecule has 0 aliphatic carbocycles. The van der Waals surface area contributed by atoms with Crippen LogP contribution in [0.1, 0.15) is 19.8 Å². The largest absolute Gasteiger partial charge is 0.424 e. The Morgan fingerprint density at radius 1 is 0.900 bits per heavy atom. The zero-order valence-corrected chi connectivity index (χ0v) is 28.3. The molecule has 5 aromatic rings. The minimum absolute atomic E-state index is 0.0865. The van der Waals surface area contributed by atoms with Crippen LogP contribution in [0.2, 0.25) is 0 Å². The first-order valence-corrected chi connectivity index (χ1v) is 16.8. The van der Waals surface area contributed by atoms with Crippen LogP contribution in [0, 0.1) is 0 Å². The van der Waals surface area contributed by atoms with E-state index in [1.54, 1.807) is 17.1 Å². The summed E-state index contributed by atoms with van der Waals surface area (Å²) >= 11 is 0. The van der Waals surface area contributed by atoms with Gasteiger partial charge in [0.25, 0.3) is 12.3 Å². The Morgan fingerprint density at radius 3 is 2.32 bits per heavy atom. The maximum Gasteiger partial charge on any atom is 0.292 e. The molecule has 6 rings (SSSR count). The number of piperazine rings is 1. The van der Waals surface area contributed by atoms with Gasteiger partial charge in [-0.15, -0.1) is 0 Å². The number of anilines is 3. The summed E-state index contributed by atoms with van der Waals surface area (Å²) < 4.78 is 31.0. The molecule has 0 atom stereocenters. The Kier molecular flexibility index (Phi) is 11.9. The number of hydrogen-bond donors (Lipinski definition) is 2. The quantitative estimate of drug-likeness (QED) is 0.0990. The summed E-state index contributed by atoms with van der Waals surface area (Å²) in [6, 6.07) is 7.57. The number of oxazole rings is 1. The zero-order chi connectivity index (χ0) is 34.7. The predicted molar refractivity (Wildman–Crippen MR) is 184 cm³/mol. The SMILES string of the molecule is CCCOCCOCCOCCOCCC(=O)N1CCN(c2cc[n+](Cn3nc(-c4ccc5oc(N)nc5c4)c4c(N)ncnc43)cn2)CC1. The molecule has 0 spiro atoms. The molecule has 17 nitrogen and oxygen atoms in total. The Bertz CT molecular complexity index is 1840. The van der Waals surface area contributed by atoms with E-state index in [4.69, 9.17) is 44.9 Å². The van der Waals surface area contributed by atoms with E-state index in [9.17, 15) is 4.79 Å². The number of carbonyl (C=O) groups is 1. The van der Waals surface area contributed by atoms with Crippen molar-refractivity contribution in [2.24, 2.45) is 0 Å². The minimum atomic E-state index is 0.0865. The number of ether oxygens (including phenoxy) is 4. The highest BCUT2D eigenvalue weighted by atomic mass is 16.6. The molecule has 1 aromatic carbocycles. The molecule has 1 saturated heterocycles. The molecule has 0 unspecified atom stereocenters. The molecule has 4 N–H and O–H groups in total. The monoisotopic (exact) mass is 690 g/mol. The lowest BCUT2D eigenvalue weighted by Gasteiger charge is -2.34. The van der Waals surface area contributed by atoms with Gasteiger partial charge in [0.05, 0.1) is 64.3 Å². The number of nitrogens with two attached hydrogens (primary N) is 2. The fourth-order valence-corrected chi connectivity index (χ4v) is 5.63. The van der Waals surface area contributed by atoms with Crippen molar-refractivity contribution in [3.05, 3.63) is 43.1 Å². The van der Waals surface area contributed by atoms with Crippen LogP contribution in [0.25, 0.3) is 33.4 Å². The molecule has 1 amide bonds. The first-order chi connectivity index (χ1) is 24.5. The third-order valence-electron chi connectivity index (χ3n) is 8.17. The summed E-state index contributed by atoms with van der Waals surface area (Å²) in [5.74, 6) is 1.25. The highest BCUT2D eigenvalue weighted by molar-refractivity contribution is 5.99. The van der Waals surface area contributed by atoms with Gasteiger partial charge in [-0.1, -0.05) is 6.92 Å². The minimum Gasteiger partial charge on any atom is -0.424 e. The number of hydrogen-bond acceptors (Lipinski definition) is 14. The number of nitrogens with zero attached hydrogens (tertiary/aromatic N) is 9. The molecule has 1 aliphatic heterocycles. The standard InChI is InChI=1S/C33H44N11O6/c1-2-12-46-14-16-48-18-19-49-17-15-47-13-6-28(45)43-10-8-42(9-11-43)27-5-7-41(22-38-27)23-44-32-29(31(34)36-21-37-32)30(40-44)24-3-4-26-25(20-24)39-33(35)50-26/h3-5,7,20-22H,2,6,8-19,23H2,1H3,(H2,35,39)(H2,34,36,37)/q+1. The molecule has 17 heteroatoms. The number of aromatic nitrogens is 7. The van der Waals surface area contributed by atoms with Crippen LogP contribution >= 0.6 is 0 Å². The van der Waals surface area contributed by atoms with Gasteiger partial charge in [-0.05, 0) is 29.6 Å². The molecule has 1 aliphatic rings. The van der Waals surface area contributed by atoms with Crippen LogP contribution in [0.3, 0.4) is 0 Å². The Hall–Kier alpha value is -4.97. The lowest BCUT2D eigenvalue weighted by molar-refractivity contribution is -0.704. The second-order valence-corrected chi connectivity index (χ2v) is 11.7. The third-order valence-corrected chi connectivity index (χ3v) is 8.17. The fraction of sp³-hybridized carbons (Fsp3) is 0.485. The Labute approximate surface area is 289 Å². The summed E-state index contributed by atoms with van der Waals surface area (Å²) in [6.07, 6.45) is 6.47. The molecule has 1 fully saturated rings. The topological polar surface area (TPSA) is 199 Å². The number of benzene rings is 1. The average Bonchev–Trinajstić information content (AvgIpc) is 3.70. The number of nitrogen functional groups attached to an aromatic ring is 2. The van der Waals surface area contributed by atoms with Crippen LogP contribution in [-0.4, -0.2) is 120 Å². The van der Waals surface area contributed by atoms with Gasteiger partial charge < -0.3 is 44.6 Å². The predicted octanol–water partition coefficient (Wildman–Crippen LogP) is 1.50. The molecule has 4 aromatic heterocycles. The highest BCUT2D eigenvalue weighted by Crippen LogP contribution is 2.32. The van der Waals surface area contributed by atoms with Crippen LogP contribution in [-0.2, 0) is 30.4 Å². The van der Waals surface area contributed by atoms with Crippen molar-refractivity contribution in [1.82, 2.24) is 34.6 Å². The normalized spacial score (nSPS) is 13.5. The molecular weight excluding hydrogens is 646 g/mol. The molecule has 266 valence electrons. The van der Waals surface area contributed by atoms with Crippen molar-refractivity contribution in [2.45, 2.75) is 26.4 Å². The molecule has 0 bridgehead atoms. The van der Waals surface area contributed by atoms with E-state index < -0.39 is 0 Å². The zero-order valence-electron chi connectivity index (χ0n) is 28.3. The first-order valence-electron chi connectivity index (χ1n) is 16.8. The number of rotatable bonds is 18. The van der Waals surface area contributed by atoms with Crippen molar-refractivity contribution in [3.63, 3.8) is 0 Å². The van der Waals surface area contributed by atoms with Crippen molar-refractivity contribution < 1.29 is 32.7 Å². The van der Waals surface area contributed by atoms with Crippen molar-refractivity contribution in [3.8, 4) is 11.3 Å². The molecule has 0 radical (unpaired) electrons. The van der Waals surface area contributed by atoms with Gasteiger partial charge in [0, 0.05) is 44.4 Å². The van der Waals surface area contributed by atoms with Gasteiger partial charge in [-0.2, -0.15) is 10.1 Å². The third kappa shape index (κ3) is 8.78. The van der Waals surface area contributed by atoms with E-state index in [1.165, 1.54) is 6.33 Å². The average molecular weight is 691 g/mol. The summed E-state index contributed by atoms with van der Waals surface area (Å²) in [4.78, 5) is 34.4.